The van der Waals surface area contributed by atoms with Crippen molar-refractivity contribution < 1.29 is 0 Å². The first-order valence-electron chi connectivity index (χ1n) is 8.65. The lowest BCUT2D eigenvalue weighted by Gasteiger charge is -2.22. The first-order chi connectivity index (χ1) is 10.8. The molecule has 2 N–H and O–H groups in total. The molecular weight excluding hydrogens is 276 g/mol. The van der Waals surface area contributed by atoms with Crippen molar-refractivity contribution in [2.24, 2.45) is 23.9 Å². The number of nitrogens with zero attached hydrogens (tertiary/aromatic N) is 4. The van der Waals surface area contributed by atoms with Gasteiger partial charge in [-0.25, -0.2) is 9.98 Å². The molecule has 22 heavy (non-hydrogen) atoms. The lowest BCUT2D eigenvalue weighted by Crippen LogP contribution is -2.39. The van der Waals surface area contributed by atoms with Crippen LogP contribution in [0.5, 0.6) is 0 Å². The summed E-state index contributed by atoms with van der Waals surface area (Å²) in [5.41, 5.74) is 0. The van der Waals surface area contributed by atoms with Crippen molar-refractivity contribution in [2.75, 3.05) is 6.54 Å². The van der Waals surface area contributed by atoms with Gasteiger partial charge in [-0.3, -0.25) is 4.68 Å². The summed E-state index contributed by atoms with van der Waals surface area (Å²) in [4.78, 5) is 8.87. The highest BCUT2D eigenvalue weighted by atomic mass is 15.3. The van der Waals surface area contributed by atoms with Crippen molar-refractivity contribution in [2.45, 2.75) is 58.0 Å². The van der Waals surface area contributed by atoms with Crippen LogP contribution in [-0.2, 0) is 13.6 Å². The van der Waals surface area contributed by atoms with E-state index in [0.717, 1.165) is 30.2 Å². The van der Waals surface area contributed by atoms with Gasteiger partial charge < -0.3 is 10.6 Å². The van der Waals surface area contributed by atoms with Crippen LogP contribution in [0, 0.1) is 11.8 Å². The Morgan fingerprint density at radius 1 is 1.36 bits per heavy atom. The maximum Gasteiger partial charge on any atom is 0.191 e. The Kier molecular flexibility index (Phi) is 4.95. The molecule has 0 saturated heterocycles. The van der Waals surface area contributed by atoms with E-state index in [2.05, 4.69) is 32.6 Å². The van der Waals surface area contributed by atoms with Gasteiger partial charge in [0.2, 0.25) is 0 Å². The van der Waals surface area contributed by atoms with E-state index in [9.17, 15) is 0 Å². The van der Waals surface area contributed by atoms with Crippen molar-refractivity contribution in [3.63, 3.8) is 0 Å². The smallest absolute Gasteiger partial charge is 0.191 e. The van der Waals surface area contributed by atoms with Crippen LogP contribution < -0.4 is 10.6 Å². The van der Waals surface area contributed by atoms with Gasteiger partial charge >= 0.3 is 0 Å². The summed E-state index contributed by atoms with van der Waals surface area (Å²) < 4.78 is 1.77. The third-order valence-corrected chi connectivity index (χ3v) is 4.95. The fourth-order valence-electron chi connectivity index (χ4n) is 3.57. The van der Waals surface area contributed by atoms with Crippen LogP contribution in [0.15, 0.2) is 11.3 Å². The van der Waals surface area contributed by atoms with E-state index in [1.54, 1.807) is 11.0 Å². The fraction of sp³-hybridized carbons (Fsp3) is 0.812. The quantitative estimate of drug-likeness (QED) is 0.643. The molecular formula is C16H28N6. The van der Waals surface area contributed by atoms with E-state index >= 15 is 0 Å². The molecule has 6 nitrogen and oxygen atoms in total. The maximum absolute atomic E-state index is 4.65. The molecule has 0 spiro atoms. The number of aromatic nitrogens is 3. The number of hydrogen-bond acceptors (Lipinski definition) is 3. The molecule has 1 aromatic rings. The topological polar surface area (TPSA) is 67.1 Å². The van der Waals surface area contributed by atoms with E-state index in [0.29, 0.717) is 12.6 Å². The van der Waals surface area contributed by atoms with Gasteiger partial charge in [0.05, 0.1) is 0 Å². The Bertz CT molecular complexity index is 502. The van der Waals surface area contributed by atoms with Gasteiger partial charge in [0.25, 0.3) is 0 Å². The van der Waals surface area contributed by atoms with Crippen LogP contribution in [-0.4, -0.2) is 33.3 Å². The molecule has 2 unspecified atom stereocenters. The Morgan fingerprint density at radius 2 is 2.18 bits per heavy atom. The van der Waals surface area contributed by atoms with E-state index in [-0.39, 0.29) is 0 Å². The van der Waals surface area contributed by atoms with Crippen LogP contribution in [0.1, 0.15) is 51.3 Å². The summed E-state index contributed by atoms with van der Waals surface area (Å²) in [5, 5.41) is 11.0. The molecule has 6 heteroatoms. The number of aryl methyl sites for hydroxylation is 1. The largest absolute Gasteiger partial charge is 0.357 e. The molecule has 0 aromatic carbocycles. The van der Waals surface area contributed by atoms with E-state index in [1.165, 1.54) is 38.5 Å². The zero-order valence-electron chi connectivity index (χ0n) is 13.8. The molecule has 2 aliphatic carbocycles. The summed E-state index contributed by atoms with van der Waals surface area (Å²) in [5.74, 6) is 3.59. The van der Waals surface area contributed by atoms with Crippen molar-refractivity contribution in [1.82, 2.24) is 25.4 Å². The Labute approximate surface area is 132 Å². The number of aliphatic imine (C=N–C) groups is 1. The third-order valence-electron chi connectivity index (χ3n) is 4.95. The molecule has 0 amide bonds. The lowest BCUT2D eigenvalue weighted by molar-refractivity contribution is 0.315. The number of hydrogen-bond donors (Lipinski definition) is 2. The normalized spacial score (nSPS) is 26.0. The van der Waals surface area contributed by atoms with Crippen molar-refractivity contribution in [1.29, 1.82) is 0 Å². The first-order valence-corrected chi connectivity index (χ1v) is 8.65. The summed E-state index contributed by atoms with van der Waals surface area (Å²) in [7, 11) is 1.90. The van der Waals surface area contributed by atoms with Crippen LogP contribution in [0.2, 0.25) is 0 Å². The molecule has 2 aliphatic rings. The SMILES string of the molecule is CCNC(=NCc1ncnn1C)NC1CC1C1CCCCC1. The van der Waals surface area contributed by atoms with E-state index in [1.807, 2.05) is 7.05 Å². The zero-order valence-corrected chi connectivity index (χ0v) is 13.8. The van der Waals surface area contributed by atoms with Crippen LogP contribution in [0.3, 0.4) is 0 Å². The van der Waals surface area contributed by atoms with Crippen LogP contribution in [0.4, 0.5) is 0 Å². The van der Waals surface area contributed by atoms with Crippen molar-refractivity contribution in [3.8, 4) is 0 Å². The third kappa shape index (κ3) is 3.78. The summed E-state index contributed by atoms with van der Waals surface area (Å²) in [6, 6.07) is 0.611. The molecule has 0 aliphatic heterocycles. The summed E-state index contributed by atoms with van der Waals surface area (Å²) in [6.07, 6.45) is 10.0. The standard InChI is InChI=1S/C16H28N6/c1-3-17-16(18-10-15-19-11-20-22(15)2)21-14-9-13(14)12-7-5-4-6-8-12/h11-14H,3-10H2,1-2H3,(H2,17,18,21). The van der Waals surface area contributed by atoms with Crippen LogP contribution >= 0.6 is 0 Å². The number of nitrogens with one attached hydrogen (secondary N) is 2. The fourth-order valence-corrected chi connectivity index (χ4v) is 3.57. The molecule has 122 valence electrons. The first kappa shape index (κ1) is 15.3. The molecule has 3 rings (SSSR count). The second-order valence-corrected chi connectivity index (χ2v) is 6.54. The van der Waals surface area contributed by atoms with Gasteiger partial charge in [-0.05, 0) is 25.2 Å². The minimum Gasteiger partial charge on any atom is -0.357 e. The maximum atomic E-state index is 4.65. The second kappa shape index (κ2) is 7.11. The van der Waals surface area contributed by atoms with E-state index < -0.39 is 0 Å². The Balaban J connectivity index is 1.52. The Morgan fingerprint density at radius 3 is 2.86 bits per heavy atom. The van der Waals surface area contributed by atoms with E-state index in [4.69, 9.17) is 0 Å². The monoisotopic (exact) mass is 304 g/mol. The van der Waals surface area contributed by atoms with Gasteiger partial charge in [-0.1, -0.05) is 32.1 Å². The lowest BCUT2D eigenvalue weighted by atomic mass is 9.85. The minimum atomic E-state index is 0.562. The molecule has 0 radical (unpaired) electrons. The van der Waals surface area contributed by atoms with Crippen molar-refractivity contribution in [3.05, 3.63) is 12.2 Å². The van der Waals surface area contributed by atoms with Gasteiger partial charge in [0.15, 0.2) is 5.96 Å². The molecule has 0 bridgehead atoms. The highest BCUT2D eigenvalue weighted by Crippen LogP contribution is 2.44. The Hall–Kier alpha value is -1.59. The molecule has 2 fully saturated rings. The average molecular weight is 304 g/mol. The predicted octanol–water partition coefficient (Wildman–Crippen LogP) is 1.84. The molecule has 1 heterocycles. The summed E-state index contributed by atoms with van der Waals surface area (Å²) >= 11 is 0. The molecule has 2 saturated carbocycles. The number of rotatable bonds is 5. The van der Waals surface area contributed by atoms with Gasteiger partial charge in [0, 0.05) is 19.6 Å². The second-order valence-electron chi connectivity index (χ2n) is 6.54. The minimum absolute atomic E-state index is 0.562. The van der Waals surface area contributed by atoms with Gasteiger partial charge in [-0.2, -0.15) is 5.10 Å². The van der Waals surface area contributed by atoms with Gasteiger partial charge in [0.1, 0.15) is 18.7 Å². The predicted molar refractivity (Wildman–Crippen MR) is 87.4 cm³/mol. The molecule has 2 atom stereocenters. The number of guanidine groups is 1. The summed E-state index contributed by atoms with van der Waals surface area (Å²) in [6.45, 7) is 3.54. The zero-order chi connectivity index (χ0) is 15.4. The highest BCUT2D eigenvalue weighted by molar-refractivity contribution is 5.80. The highest BCUT2D eigenvalue weighted by Gasteiger charge is 2.43. The van der Waals surface area contributed by atoms with Gasteiger partial charge in [-0.15, -0.1) is 0 Å². The molecule has 1 aromatic heterocycles. The van der Waals surface area contributed by atoms with Crippen LogP contribution in [0.25, 0.3) is 0 Å². The average Bonchev–Trinajstić information content (AvgIpc) is 3.19. The van der Waals surface area contributed by atoms with Crippen molar-refractivity contribution >= 4 is 5.96 Å².